The molecule has 1 aliphatic carbocycles. The van der Waals surface area contributed by atoms with Crippen LogP contribution in [0.4, 0.5) is 29.3 Å². The first kappa shape index (κ1) is 52.9. The highest BCUT2D eigenvalue weighted by atomic mass is 35.5. The summed E-state index contributed by atoms with van der Waals surface area (Å²) >= 11 is 6.31. The van der Waals surface area contributed by atoms with Crippen molar-refractivity contribution in [3.8, 4) is 11.5 Å². The van der Waals surface area contributed by atoms with E-state index in [-0.39, 0.29) is 28.5 Å². The van der Waals surface area contributed by atoms with Crippen LogP contribution >= 0.6 is 11.6 Å². The zero-order chi connectivity index (χ0) is 52.6. The third-order valence-corrected chi connectivity index (χ3v) is 17.7. The second-order valence-electron chi connectivity index (χ2n) is 20.0. The fraction of sp³-hybridized carbons (Fsp3) is 0.431. The van der Waals surface area contributed by atoms with Crippen LogP contribution in [-0.4, -0.2) is 161 Å². The number of aromatic amines is 1. The van der Waals surface area contributed by atoms with Crippen molar-refractivity contribution in [2.75, 3.05) is 95.8 Å². The maximum Gasteiger partial charge on any atom is 0.501 e. The quantitative estimate of drug-likeness (QED) is 0.0834. The molecule has 4 aliphatic rings. The summed E-state index contributed by atoms with van der Waals surface area (Å²) in [5.41, 5.74) is -1.33. The van der Waals surface area contributed by atoms with Crippen molar-refractivity contribution in [2.24, 2.45) is 5.41 Å². The van der Waals surface area contributed by atoms with E-state index >= 15 is 0 Å². The summed E-state index contributed by atoms with van der Waals surface area (Å²) in [5.74, 6) is -0.971. The average Bonchev–Trinajstić information content (AvgIpc) is 3.84. The molecule has 5 heterocycles. The van der Waals surface area contributed by atoms with Gasteiger partial charge in [-0.3, -0.25) is 14.6 Å². The number of fused-ring (bicyclic) bond motifs is 1. The van der Waals surface area contributed by atoms with Gasteiger partial charge < -0.3 is 34.8 Å². The number of piperazine rings is 2. The van der Waals surface area contributed by atoms with Gasteiger partial charge in [-0.2, -0.15) is 13.2 Å². The normalized spacial score (nSPS) is 20.2. The van der Waals surface area contributed by atoms with Gasteiger partial charge in [0.1, 0.15) is 22.0 Å². The molecule has 3 saturated heterocycles. The molecule has 0 radical (unpaired) electrons. The standard InChI is InChI=1S/C51H59ClF3N9O8S2/c1-50(33-62-21-25-64(26-22-62)49(66)67)15-11-42(34-3-5-37(52)6-4-34)36(30-50)32-61-19-23-63(24-20-61)39-7-9-43(45(28-39)72-40-27-35-12-16-56-47(35)57-31-40)48(65)59-74(70,71)41-8-10-44(58-38-13-17-60(2)18-14-38)46(29-41)73(68,69)51(53,54)55/h3-10,12,16,27-29,31,38,58H,11,13-15,17-26,30,32-33H2,1-2H3,(H,56,57)(H,59,65)(H,66,67)/t50-/m1/s1. The number of piperidine rings is 1. The number of carboxylic acid groups (broad SMARTS) is 1. The number of halogens is 4. The summed E-state index contributed by atoms with van der Waals surface area (Å²) in [7, 11) is -9.14. The lowest BCUT2D eigenvalue weighted by Gasteiger charge is -2.44. The number of rotatable bonds is 14. The molecule has 3 aromatic carbocycles. The molecule has 3 aliphatic heterocycles. The topological polar surface area (TPSA) is 201 Å². The maximum atomic E-state index is 14.1. The minimum Gasteiger partial charge on any atom is -0.465 e. The van der Waals surface area contributed by atoms with E-state index in [1.165, 1.54) is 28.3 Å². The second kappa shape index (κ2) is 21.4. The molecule has 2 amide bonds. The van der Waals surface area contributed by atoms with Gasteiger partial charge in [-0.05, 0) is 123 Å². The number of carbonyl (C=O) groups is 2. The number of aromatic nitrogens is 2. The Morgan fingerprint density at radius 1 is 0.892 bits per heavy atom. The summed E-state index contributed by atoms with van der Waals surface area (Å²) in [5, 5.41) is 13.7. The molecule has 0 saturated carbocycles. The zero-order valence-electron chi connectivity index (χ0n) is 41.0. The number of amides is 2. The number of hydrogen-bond acceptors (Lipinski definition) is 13. The predicted octanol–water partition coefficient (Wildman–Crippen LogP) is 7.99. The van der Waals surface area contributed by atoms with Crippen LogP contribution in [0.15, 0.2) is 101 Å². The lowest BCUT2D eigenvalue weighted by atomic mass is 9.71. The molecule has 0 bridgehead atoms. The fourth-order valence-electron chi connectivity index (χ4n) is 10.5. The SMILES string of the molecule is CN1CCC(Nc2ccc(S(=O)(=O)NC(=O)c3ccc(N4CCN(CC5=C(c6ccc(Cl)cc6)CC[C@@](C)(CN6CCN(C(=O)O)CC6)C5)CC4)cc3Oc3cnc4[nH]ccc4c3)cc2S(=O)(=O)C(F)(F)F)CC1. The monoisotopic (exact) mass is 1080 g/mol. The van der Waals surface area contributed by atoms with Gasteiger partial charge in [0.15, 0.2) is 0 Å². The molecule has 2 aromatic heterocycles. The molecule has 4 N–H and O–H groups in total. The zero-order valence-corrected chi connectivity index (χ0v) is 43.4. The van der Waals surface area contributed by atoms with Crippen molar-refractivity contribution in [1.29, 1.82) is 0 Å². The van der Waals surface area contributed by atoms with Crippen LogP contribution in [0.2, 0.25) is 5.02 Å². The van der Waals surface area contributed by atoms with Gasteiger partial charge in [-0.15, -0.1) is 0 Å². The van der Waals surface area contributed by atoms with Crippen LogP contribution < -0.4 is 19.7 Å². The van der Waals surface area contributed by atoms with Gasteiger partial charge in [0, 0.05) is 99.8 Å². The van der Waals surface area contributed by atoms with Crippen LogP contribution in [-0.2, 0) is 19.9 Å². The second-order valence-corrected chi connectivity index (χ2v) is 24.0. The minimum atomic E-state index is -6.05. The van der Waals surface area contributed by atoms with E-state index < -0.39 is 52.8 Å². The Balaban J connectivity index is 0.940. The van der Waals surface area contributed by atoms with E-state index in [0.717, 1.165) is 50.0 Å². The molecule has 23 heteroatoms. The highest BCUT2D eigenvalue weighted by Gasteiger charge is 2.49. The number of sulfone groups is 1. The number of hydrogen-bond donors (Lipinski definition) is 4. The summed E-state index contributed by atoms with van der Waals surface area (Å²) in [4.78, 5) is 41.4. The van der Waals surface area contributed by atoms with Gasteiger partial charge in [0.25, 0.3) is 25.8 Å². The summed E-state index contributed by atoms with van der Waals surface area (Å²) in [6.07, 6.45) is 6.03. The lowest BCUT2D eigenvalue weighted by Crippen LogP contribution is -2.51. The number of nitrogens with zero attached hydrogens (tertiary/aromatic N) is 6. The summed E-state index contributed by atoms with van der Waals surface area (Å²) < 4.78 is 104. The molecular formula is C51H59ClF3N9O8S2. The van der Waals surface area contributed by atoms with E-state index in [4.69, 9.17) is 16.3 Å². The number of pyridine rings is 1. The fourth-order valence-corrected chi connectivity index (χ4v) is 12.6. The summed E-state index contributed by atoms with van der Waals surface area (Å²) in [6.45, 7) is 10.1. The van der Waals surface area contributed by atoms with Gasteiger partial charge >= 0.3 is 11.6 Å². The van der Waals surface area contributed by atoms with E-state index in [9.17, 15) is 44.7 Å². The molecule has 1 atom stereocenters. The molecule has 3 fully saturated rings. The maximum absolute atomic E-state index is 14.1. The van der Waals surface area contributed by atoms with Crippen molar-refractivity contribution in [2.45, 2.75) is 60.4 Å². The Hall–Kier alpha value is -5.91. The number of sulfonamides is 1. The Kier molecular flexibility index (Phi) is 15.3. The number of nitrogens with one attached hydrogen (secondary N) is 3. The number of likely N-dealkylation sites (tertiary alicyclic amines) is 1. The van der Waals surface area contributed by atoms with Gasteiger partial charge in [-0.1, -0.05) is 36.2 Å². The largest absolute Gasteiger partial charge is 0.501 e. The van der Waals surface area contributed by atoms with E-state index in [1.54, 1.807) is 30.5 Å². The highest BCUT2D eigenvalue weighted by molar-refractivity contribution is 7.92. The molecule has 74 heavy (non-hydrogen) atoms. The van der Waals surface area contributed by atoms with Gasteiger partial charge in [-0.25, -0.2) is 31.3 Å². The van der Waals surface area contributed by atoms with Crippen molar-refractivity contribution in [3.05, 3.63) is 107 Å². The highest BCUT2D eigenvalue weighted by Crippen LogP contribution is 2.44. The molecule has 5 aromatic rings. The van der Waals surface area contributed by atoms with Crippen LogP contribution in [0.1, 0.15) is 54.9 Å². The molecule has 396 valence electrons. The Morgan fingerprint density at radius 3 is 2.28 bits per heavy atom. The number of allylic oxidation sites excluding steroid dienone is 1. The Labute approximate surface area is 433 Å². The average molecular weight is 1080 g/mol. The molecule has 0 unspecified atom stereocenters. The number of carbonyl (C=O) groups excluding carboxylic acids is 1. The molecular weight excluding hydrogens is 1020 g/mol. The van der Waals surface area contributed by atoms with Crippen LogP contribution in [0.25, 0.3) is 16.6 Å². The predicted molar refractivity (Wildman–Crippen MR) is 276 cm³/mol. The Bertz CT molecular complexity index is 3150. The van der Waals surface area contributed by atoms with Crippen LogP contribution in [0.3, 0.4) is 0 Å². The third kappa shape index (κ3) is 11.9. The van der Waals surface area contributed by atoms with E-state index in [1.807, 2.05) is 28.8 Å². The number of benzene rings is 3. The number of alkyl halides is 3. The molecule has 17 nitrogen and oxygen atoms in total. The van der Waals surface area contributed by atoms with Crippen LogP contribution in [0, 0.1) is 5.41 Å². The lowest BCUT2D eigenvalue weighted by molar-refractivity contribution is -0.0436. The Morgan fingerprint density at radius 2 is 1.59 bits per heavy atom. The number of anilines is 2. The van der Waals surface area contributed by atoms with E-state index in [0.29, 0.717) is 106 Å². The number of H-pyrrole nitrogens is 1. The minimum absolute atomic E-state index is 0.0196. The van der Waals surface area contributed by atoms with Crippen molar-refractivity contribution in [1.82, 2.24) is 34.3 Å². The van der Waals surface area contributed by atoms with Crippen molar-refractivity contribution >= 4 is 71.4 Å². The van der Waals surface area contributed by atoms with Gasteiger partial charge in [0.05, 0.1) is 22.3 Å². The first-order valence-electron chi connectivity index (χ1n) is 24.5. The first-order chi connectivity index (χ1) is 35.1. The van der Waals surface area contributed by atoms with E-state index in [2.05, 4.69) is 49.0 Å². The smallest absolute Gasteiger partial charge is 0.465 e. The van der Waals surface area contributed by atoms with Gasteiger partial charge in [0.2, 0.25) is 0 Å². The van der Waals surface area contributed by atoms with Crippen molar-refractivity contribution in [3.63, 3.8) is 0 Å². The third-order valence-electron chi connectivity index (χ3n) is 14.6. The summed E-state index contributed by atoms with van der Waals surface area (Å²) in [6, 6.07) is 18.1. The number of ether oxygens (including phenoxy) is 1. The molecule has 0 spiro atoms. The van der Waals surface area contributed by atoms with Crippen molar-refractivity contribution < 1.29 is 49.4 Å². The molecule has 9 rings (SSSR count). The first-order valence-corrected chi connectivity index (χ1v) is 27.8. The van der Waals surface area contributed by atoms with Crippen LogP contribution in [0.5, 0.6) is 11.5 Å².